The number of hydrogen-bond donors (Lipinski definition) is 1. The number of nitro benzene ring substituents is 1. The molecule has 0 bridgehead atoms. The van der Waals surface area contributed by atoms with Crippen molar-refractivity contribution >= 4 is 16.7 Å². The standard InChI is InChI=1S/C16H11N5O2/c22-21(23)13-5-6-14-15(9-13)19-16(18-14)11-1-3-12(4-2-11)20-8-7-17-10-20/h1-10H,(H,18,19). The molecule has 112 valence electrons. The highest BCUT2D eigenvalue weighted by Crippen LogP contribution is 2.24. The molecule has 2 aromatic heterocycles. The maximum Gasteiger partial charge on any atom is 0.271 e. The quantitative estimate of drug-likeness (QED) is 0.464. The summed E-state index contributed by atoms with van der Waals surface area (Å²) in [6, 6.07) is 12.4. The van der Waals surface area contributed by atoms with Crippen molar-refractivity contribution in [2.24, 2.45) is 0 Å². The van der Waals surface area contributed by atoms with Gasteiger partial charge in [-0.3, -0.25) is 10.1 Å². The molecule has 4 aromatic rings. The van der Waals surface area contributed by atoms with E-state index in [9.17, 15) is 10.1 Å². The van der Waals surface area contributed by atoms with Gasteiger partial charge in [-0.1, -0.05) is 0 Å². The zero-order valence-electron chi connectivity index (χ0n) is 11.9. The normalized spacial score (nSPS) is 11.0. The lowest BCUT2D eigenvalue weighted by Crippen LogP contribution is -1.89. The molecule has 0 aliphatic rings. The molecule has 2 heterocycles. The fourth-order valence-electron chi connectivity index (χ4n) is 2.45. The molecule has 0 aliphatic carbocycles. The highest BCUT2D eigenvalue weighted by molar-refractivity contribution is 5.81. The van der Waals surface area contributed by atoms with Crippen LogP contribution >= 0.6 is 0 Å². The maximum absolute atomic E-state index is 10.8. The number of aromatic nitrogens is 4. The topological polar surface area (TPSA) is 89.6 Å². The Hall–Kier alpha value is -3.48. The average molecular weight is 305 g/mol. The number of fused-ring (bicyclic) bond motifs is 1. The summed E-state index contributed by atoms with van der Waals surface area (Å²) in [5.41, 5.74) is 3.30. The van der Waals surface area contributed by atoms with Crippen LogP contribution in [0.2, 0.25) is 0 Å². The van der Waals surface area contributed by atoms with E-state index >= 15 is 0 Å². The molecule has 0 saturated carbocycles. The van der Waals surface area contributed by atoms with E-state index in [2.05, 4.69) is 15.0 Å². The lowest BCUT2D eigenvalue weighted by molar-refractivity contribution is -0.384. The smallest absolute Gasteiger partial charge is 0.271 e. The monoisotopic (exact) mass is 305 g/mol. The van der Waals surface area contributed by atoms with Gasteiger partial charge in [-0.2, -0.15) is 0 Å². The van der Waals surface area contributed by atoms with Crippen molar-refractivity contribution in [3.05, 3.63) is 71.3 Å². The number of nitrogens with zero attached hydrogens (tertiary/aromatic N) is 4. The van der Waals surface area contributed by atoms with Gasteiger partial charge < -0.3 is 9.55 Å². The zero-order valence-corrected chi connectivity index (χ0v) is 11.9. The van der Waals surface area contributed by atoms with Gasteiger partial charge in [0.15, 0.2) is 0 Å². The minimum Gasteiger partial charge on any atom is -0.338 e. The first-order valence-electron chi connectivity index (χ1n) is 6.94. The Morgan fingerprint density at radius 1 is 1.13 bits per heavy atom. The highest BCUT2D eigenvalue weighted by Gasteiger charge is 2.10. The first-order valence-corrected chi connectivity index (χ1v) is 6.94. The van der Waals surface area contributed by atoms with E-state index in [1.54, 1.807) is 18.6 Å². The molecule has 7 nitrogen and oxygen atoms in total. The van der Waals surface area contributed by atoms with Crippen LogP contribution in [0.15, 0.2) is 61.2 Å². The van der Waals surface area contributed by atoms with Crippen LogP contribution in [0.3, 0.4) is 0 Å². The number of hydrogen-bond acceptors (Lipinski definition) is 4. The molecule has 0 fully saturated rings. The van der Waals surface area contributed by atoms with Crippen molar-refractivity contribution in [3.63, 3.8) is 0 Å². The van der Waals surface area contributed by atoms with Crippen LogP contribution in [0.5, 0.6) is 0 Å². The minimum absolute atomic E-state index is 0.0446. The van der Waals surface area contributed by atoms with E-state index in [0.717, 1.165) is 11.3 Å². The van der Waals surface area contributed by atoms with Crippen molar-refractivity contribution in [1.29, 1.82) is 0 Å². The summed E-state index contributed by atoms with van der Waals surface area (Å²) in [5.74, 6) is 0.678. The first-order chi connectivity index (χ1) is 11.2. The van der Waals surface area contributed by atoms with Crippen LogP contribution in [-0.4, -0.2) is 24.4 Å². The Bertz CT molecular complexity index is 987. The number of H-pyrrole nitrogens is 1. The molecule has 0 aliphatic heterocycles. The fraction of sp³-hybridized carbons (Fsp3) is 0. The highest BCUT2D eigenvalue weighted by atomic mass is 16.6. The summed E-state index contributed by atoms with van der Waals surface area (Å²) in [6.45, 7) is 0. The molecular formula is C16H11N5O2. The van der Waals surface area contributed by atoms with Crippen molar-refractivity contribution in [2.75, 3.05) is 0 Å². The summed E-state index contributed by atoms with van der Waals surface area (Å²) < 4.78 is 1.91. The Morgan fingerprint density at radius 2 is 1.96 bits per heavy atom. The van der Waals surface area contributed by atoms with E-state index in [1.807, 2.05) is 35.0 Å². The van der Waals surface area contributed by atoms with E-state index < -0.39 is 4.92 Å². The number of rotatable bonds is 3. The second kappa shape index (κ2) is 5.06. The number of nitro groups is 1. The van der Waals surface area contributed by atoms with E-state index in [1.165, 1.54) is 12.1 Å². The number of imidazole rings is 2. The molecule has 2 aromatic carbocycles. The van der Waals surface area contributed by atoms with Gasteiger partial charge >= 0.3 is 0 Å². The number of non-ortho nitro benzene ring substituents is 1. The van der Waals surface area contributed by atoms with Crippen molar-refractivity contribution in [2.45, 2.75) is 0 Å². The predicted octanol–water partition coefficient (Wildman–Crippen LogP) is 3.32. The van der Waals surface area contributed by atoms with Crippen LogP contribution in [-0.2, 0) is 0 Å². The number of benzene rings is 2. The van der Waals surface area contributed by atoms with Crippen LogP contribution in [0.1, 0.15) is 0 Å². The Balaban J connectivity index is 1.72. The second-order valence-corrected chi connectivity index (χ2v) is 5.06. The molecule has 0 radical (unpaired) electrons. The van der Waals surface area contributed by atoms with Crippen LogP contribution in [0.25, 0.3) is 28.1 Å². The van der Waals surface area contributed by atoms with Gasteiger partial charge in [-0.15, -0.1) is 0 Å². The molecule has 0 unspecified atom stereocenters. The largest absolute Gasteiger partial charge is 0.338 e. The number of nitrogens with one attached hydrogen (secondary N) is 1. The molecule has 0 saturated heterocycles. The maximum atomic E-state index is 10.8. The van der Waals surface area contributed by atoms with E-state index in [4.69, 9.17) is 0 Å². The second-order valence-electron chi connectivity index (χ2n) is 5.06. The summed E-state index contributed by atoms with van der Waals surface area (Å²) in [4.78, 5) is 22.0. The predicted molar refractivity (Wildman–Crippen MR) is 85.3 cm³/mol. The van der Waals surface area contributed by atoms with Gasteiger partial charge in [-0.25, -0.2) is 9.97 Å². The summed E-state index contributed by atoms with van der Waals surface area (Å²) in [5, 5.41) is 10.8. The molecule has 0 amide bonds. The Kier molecular flexibility index (Phi) is 2.90. The van der Waals surface area contributed by atoms with Gasteiger partial charge in [0, 0.05) is 35.8 Å². The Morgan fingerprint density at radius 3 is 2.65 bits per heavy atom. The van der Waals surface area contributed by atoms with Crippen LogP contribution < -0.4 is 0 Å². The van der Waals surface area contributed by atoms with Crippen molar-refractivity contribution < 1.29 is 4.92 Å². The lowest BCUT2D eigenvalue weighted by Gasteiger charge is -2.02. The molecule has 0 spiro atoms. The van der Waals surface area contributed by atoms with Crippen LogP contribution in [0, 0.1) is 10.1 Å². The van der Waals surface area contributed by atoms with E-state index in [0.29, 0.717) is 16.9 Å². The third-order valence-corrected chi connectivity index (χ3v) is 3.62. The molecule has 0 atom stereocenters. The summed E-state index contributed by atoms with van der Waals surface area (Å²) in [6.07, 6.45) is 5.32. The van der Waals surface area contributed by atoms with Gasteiger partial charge in [0.1, 0.15) is 5.82 Å². The summed E-state index contributed by atoms with van der Waals surface area (Å²) >= 11 is 0. The average Bonchev–Trinajstić information content (AvgIpc) is 3.23. The Labute approximate surface area is 130 Å². The molecule has 1 N–H and O–H groups in total. The molecule has 23 heavy (non-hydrogen) atoms. The SMILES string of the molecule is O=[N+]([O-])c1ccc2nc(-c3ccc(-n4ccnc4)cc3)[nH]c2c1. The molecule has 7 heteroatoms. The molecular weight excluding hydrogens is 294 g/mol. The van der Waals surface area contributed by atoms with Crippen molar-refractivity contribution in [3.8, 4) is 17.1 Å². The molecule has 4 rings (SSSR count). The van der Waals surface area contributed by atoms with Gasteiger partial charge in [0.05, 0.1) is 22.3 Å². The third kappa shape index (κ3) is 2.34. The lowest BCUT2D eigenvalue weighted by atomic mass is 10.2. The van der Waals surface area contributed by atoms with Crippen LogP contribution in [0.4, 0.5) is 5.69 Å². The van der Waals surface area contributed by atoms with Gasteiger partial charge in [0.2, 0.25) is 0 Å². The number of aromatic amines is 1. The van der Waals surface area contributed by atoms with Gasteiger partial charge in [0.25, 0.3) is 5.69 Å². The minimum atomic E-state index is -0.417. The van der Waals surface area contributed by atoms with E-state index in [-0.39, 0.29) is 5.69 Å². The fourth-order valence-corrected chi connectivity index (χ4v) is 2.45. The zero-order chi connectivity index (χ0) is 15.8. The summed E-state index contributed by atoms with van der Waals surface area (Å²) in [7, 11) is 0. The van der Waals surface area contributed by atoms with Crippen molar-refractivity contribution in [1.82, 2.24) is 19.5 Å². The van der Waals surface area contributed by atoms with Gasteiger partial charge in [-0.05, 0) is 30.3 Å². The third-order valence-electron chi connectivity index (χ3n) is 3.62. The first kappa shape index (κ1) is 13.2.